The van der Waals surface area contributed by atoms with E-state index in [0.717, 1.165) is 50.2 Å². The number of hydrogen-bond donors (Lipinski definition) is 2. The molecule has 1 aliphatic carbocycles. The number of ether oxygens (including phenoxy) is 2. The maximum atomic E-state index is 13.3. The molecule has 12 heteroatoms. The summed E-state index contributed by atoms with van der Waals surface area (Å²) < 4.78 is 39.8. The number of nitrogens with zero attached hydrogens (tertiary/aromatic N) is 4. The Kier molecular flexibility index (Phi) is 10.5. The van der Waals surface area contributed by atoms with E-state index in [0.29, 0.717) is 23.9 Å². The molecule has 248 valence electrons. The topological polar surface area (TPSA) is 136 Å². The Morgan fingerprint density at radius 1 is 1.04 bits per heavy atom. The van der Waals surface area contributed by atoms with E-state index in [-0.39, 0.29) is 11.4 Å². The van der Waals surface area contributed by atoms with Crippen LogP contribution in [0.4, 0.5) is 11.6 Å². The number of nitrogens with one attached hydrogen (secondary N) is 2. The lowest BCUT2D eigenvalue weighted by Crippen LogP contribution is -2.48. The number of pyridine rings is 1. The summed E-state index contributed by atoms with van der Waals surface area (Å²) >= 11 is 0. The number of rotatable bonds is 11. The third-order valence-electron chi connectivity index (χ3n) is 8.52. The summed E-state index contributed by atoms with van der Waals surface area (Å²) in [5, 5.41) is 3.23. The van der Waals surface area contributed by atoms with Crippen molar-refractivity contribution in [2.24, 2.45) is 0 Å². The van der Waals surface area contributed by atoms with Crippen molar-refractivity contribution >= 4 is 27.6 Å². The molecule has 0 bridgehead atoms. The van der Waals surface area contributed by atoms with Crippen molar-refractivity contribution in [1.29, 1.82) is 0 Å². The van der Waals surface area contributed by atoms with Gasteiger partial charge in [0.15, 0.2) is 0 Å². The van der Waals surface area contributed by atoms with Crippen LogP contribution in [0.1, 0.15) is 81.8 Å². The van der Waals surface area contributed by atoms with Crippen LogP contribution >= 0.6 is 0 Å². The molecule has 0 spiro atoms. The van der Waals surface area contributed by atoms with E-state index in [9.17, 15) is 13.2 Å². The molecule has 0 amide bonds. The molecule has 0 saturated carbocycles. The first-order valence-corrected chi connectivity index (χ1v) is 17.7. The number of aromatic nitrogens is 3. The van der Waals surface area contributed by atoms with Gasteiger partial charge in [-0.1, -0.05) is 13.0 Å². The first kappa shape index (κ1) is 33.6. The van der Waals surface area contributed by atoms with Crippen molar-refractivity contribution in [3.05, 3.63) is 65.2 Å². The van der Waals surface area contributed by atoms with E-state index in [1.54, 1.807) is 32.9 Å². The molecule has 5 rings (SSSR count). The van der Waals surface area contributed by atoms with Crippen LogP contribution in [0.3, 0.4) is 0 Å². The molecule has 1 saturated heterocycles. The van der Waals surface area contributed by atoms with E-state index >= 15 is 0 Å². The van der Waals surface area contributed by atoms with Crippen molar-refractivity contribution in [1.82, 2.24) is 19.7 Å². The van der Waals surface area contributed by atoms with Crippen molar-refractivity contribution in [2.75, 3.05) is 37.0 Å². The normalized spacial score (nSPS) is 16.4. The highest BCUT2D eigenvalue weighted by Crippen LogP contribution is 2.33. The molecule has 3 aromatic rings. The second-order valence-corrected chi connectivity index (χ2v) is 14.7. The quantitative estimate of drug-likeness (QED) is 0.279. The predicted octanol–water partition coefficient (Wildman–Crippen LogP) is 4.81. The van der Waals surface area contributed by atoms with Crippen LogP contribution in [0.15, 0.2) is 47.6 Å². The van der Waals surface area contributed by atoms with Gasteiger partial charge in [0.25, 0.3) is 0 Å². The fraction of sp³-hybridized carbons (Fsp3) is 0.529. The fourth-order valence-corrected chi connectivity index (χ4v) is 7.31. The van der Waals surface area contributed by atoms with Gasteiger partial charge >= 0.3 is 5.97 Å². The van der Waals surface area contributed by atoms with Gasteiger partial charge in [-0.25, -0.2) is 18.4 Å². The average molecular weight is 651 g/mol. The predicted molar refractivity (Wildman–Crippen MR) is 178 cm³/mol. The number of benzene rings is 1. The van der Waals surface area contributed by atoms with Crippen LogP contribution in [0.5, 0.6) is 5.75 Å². The lowest BCUT2D eigenvalue weighted by molar-refractivity contribution is -0.156. The summed E-state index contributed by atoms with van der Waals surface area (Å²) in [7, 11) is -2.55. The lowest BCUT2D eigenvalue weighted by atomic mass is 9.90. The van der Waals surface area contributed by atoms with Gasteiger partial charge in [0.05, 0.1) is 12.0 Å². The standard InChI is InChI=1S/C34H46N6O5S/c1-6-27-31(35-21-30(33(41)45-34(2,3)4)39-46(42,43)26-14-12-25(44-5)13-15-26)36-22-37-32(27)40-19-17-24(18-20-40)29-16-11-23-9-7-8-10-28(23)38-29/h11-16,22,24,30,39H,6-10,17-21H2,1-5H3,(H,35,36,37)/t30-/m0/s1. The number of carbonyl (C=O) groups excluding carboxylic acids is 1. The van der Waals surface area contributed by atoms with Crippen molar-refractivity contribution in [3.63, 3.8) is 0 Å². The smallest absolute Gasteiger partial charge is 0.326 e. The number of esters is 1. The number of carbonyl (C=O) groups is 1. The van der Waals surface area contributed by atoms with Gasteiger partial charge in [0, 0.05) is 42.5 Å². The van der Waals surface area contributed by atoms with E-state index in [2.05, 4.69) is 37.0 Å². The maximum absolute atomic E-state index is 13.3. The van der Waals surface area contributed by atoms with Gasteiger partial charge in [-0.05, 0) is 102 Å². The number of fused-ring (bicyclic) bond motifs is 1. The van der Waals surface area contributed by atoms with E-state index in [1.165, 1.54) is 55.4 Å². The van der Waals surface area contributed by atoms with Gasteiger partial charge in [-0.3, -0.25) is 9.78 Å². The van der Waals surface area contributed by atoms with Crippen LogP contribution < -0.4 is 19.7 Å². The molecular weight excluding hydrogens is 604 g/mol. The Bertz CT molecular complexity index is 1620. The zero-order valence-corrected chi connectivity index (χ0v) is 28.3. The molecule has 1 aromatic carbocycles. The highest BCUT2D eigenvalue weighted by Gasteiger charge is 2.31. The van der Waals surface area contributed by atoms with Gasteiger partial charge in [-0.15, -0.1) is 0 Å². The van der Waals surface area contributed by atoms with Crippen LogP contribution in [-0.4, -0.2) is 67.7 Å². The minimum atomic E-state index is -4.06. The molecule has 0 unspecified atom stereocenters. The SMILES string of the molecule is CCc1c(NC[C@H](NS(=O)(=O)c2ccc(OC)cc2)C(=O)OC(C)(C)C)ncnc1N1CCC(c2ccc3c(n2)CCCC3)CC1. The van der Waals surface area contributed by atoms with E-state index in [4.69, 9.17) is 14.5 Å². The van der Waals surface area contributed by atoms with Crippen LogP contribution in [0.25, 0.3) is 0 Å². The summed E-state index contributed by atoms with van der Waals surface area (Å²) in [5.74, 6) is 1.66. The molecule has 46 heavy (non-hydrogen) atoms. The number of piperidine rings is 1. The Labute approximate surface area is 272 Å². The zero-order chi connectivity index (χ0) is 32.9. The van der Waals surface area contributed by atoms with Crippen LogP contribution in [-0.2, 0) is 38.8 Å². The first-order valence-electron chi connectivity index (χ1n) is 16.2. The van der Waals surface area contributed by atoms with Crippen LogP contribution in [0, 0.1) is 0 Å². The molecular formula is C34H46N6O5S. The van der Waals surface area contributed by atoms with E-state index in [1.807, 2.05) is 6.92 Å². The van der Waals surface area contributed by atoms with Gasteiger partial charge in [0.2, 0.25) is 10.0 Å². The maximum Gasteiger partial charge on any atom is 0.326 e. The average Bonchev–Trinajstić information content (AvgIpc) is 3.05. The molecule has 0 radical (unpaired) electrons. The van der Waals surface area contributed by atoms with Crippen molar-refractivity contribution in [3.8, 4) is 5.75 Å². The first-order chi connectivity index (χ1) is 22.0. The Balaban J connectivity index is 1.29. The molecule has 2 aliphatic rings. The minimum Gasteiger partial charge on any atom is -0.497 e. The molecule has 2 N–H and O–H groups in total. The fourth-order valence-electron chi connectivity index (χ4n) is 6.12. The molecule has 3 heterocycles. The number of anilines is 2. The second kappa shape index (κ2) is 14.3. The third kappa shape index (κ3) is 8.14. The summed E-state index contributed by atoms with van der Waals surface area (Å²) in [4.78, 5) is 29.7. The summed E-state index contributed by atoms with van der Waals surface area (Å²) in [6, 6.07) is 9.25. The number of hydrogen-bond acceptors (Lipinski definition) is 10. The molecule has 1 aliphatic heterocycles. The number of methoxy groups -OCH3 is 1. The molecule has 1 fully saturated rings. The number of aryl methyl sites for hydroxylation is 2. The highest BCUT2D eigenvalue weighted by atomic mass is 32.2. The van der Waals surface area contributed by atoms with Crippen molar-refractivity contribution < 1.29 is 22.7 Å². The van der Waals surface area contributed by atoms with Gasteiger partial charge in [0.1, 0.15) is 35.4 Å². The van der Waals surface area contributed by atoms with Crippen LogP contribution in [0.2, 0.25) is 0 Å². The van der Waals surface area contributed by atoms with E-state index < -0.39 is 27.6 Å². The van der Waals surface area contributed by atoms with Crippen molar-refractivity contribution in [2.45, 2.75) is 95.1 Å². The Hall–Kier alpha value is -3.77. The molecule has 1 atom stereocenters. The largest absolute Gasteiger partial charge is 0.497 e. The highest BCUT2D eigenvalue weighted by molar-refractivity contribution is 7.89. The molecule has 11 nitrogen and oxygen atoms in total. The number of sulfonamides is 1. The summed E-state index contributed by atoms with van der Waals surface area (Å²) in [6.45, 7) is 8.87. The Morgan fingerprint density at radius 3 is 2.43 bits per heavy atom. The second-order valence-electron chi connectivity index (χ2n) is 13.0. The molecule has 2 aromatic heterocycles. The summed E-state index contributed by atoms with van der Waals surface area (Å²) in [6.07, 6.45) is 8.82. The van der Waals surface area contributed by atoms with Gasteiger partial charge < -0.3 is 19.7 Å². The Morgan fingerprint density at radius 2 is 1.76 bits per heavy atom. The summed E-state index contributed by atoms with van der Waals surface area (Å²) in [5.41, 5.74) is 3.99. The zero-order valence-electron chi connectivity index (χ0n) is 27.5. The monoisotopic (exact) mass is 650 g/mol. The minimum absolute atomic E-state index is 0.00872. The van der Waals surface area contributed by atoms with Gasteiger partial charge in [-0.2, -0.15) is 4.72 Å². The third-order valence-corrected chi connectivity index (χ3v) is 10.0. The lowest BCUT2D eigenvalue weighted by Gasteiger charge is -2.34.